The van der Waals surface area contributed by atoms with Crippen LogP contribution in [0.4, 0.5) is 11.5 Å². The Kier molecular flexibility index (Phi) is 5.87. The zero-order chi connectivity index (χ0) is 18.4. The number of nitrogens with one attached hydrogen (secondary N) is 2. The molecule has 0 aliphatic heterocycles. The van der Waals surface area contributed by atoms with E-state index in [9.17, 15) is 4.79 Å². The zero-order valence-electron chi connectivity index (χ0n) is 14.5. The van der Waals surface area contributed by atoms with Crippen LogP contribution < -0.4 is 10.6 Å². The largest absolute Gasteiger partial charge is 0.366 e. The number of anilines is 2. The molecule has 0 atom stereocenters. The summed E-state index contributed by atoms with van der Waals surface area (Å²) in [6.45, 7) is 2.78. The van der Waals surface area contributed by atoms with E-state index in [1.165, 1.54) is 11.1 Å². The molecule has 2 aromatic carbocycles. The molecule has 1 aromatic heterocycles. The Morgan fingerprint density at radius 2 is 1.85 bits per heavy atom. The second-order valence-electron chi connectivity index (χ2n) is 6.13. The Bertz CT molecular complexity index is 877. The average Bonchev–Trinajstić information content (AvgIpc) is 2.63. The molecule has 5 heteroatoms. The summed E-state index contributed by atoms with van der Waals surface area (Å²) < 4.78 is 0. The summed E-state index contributed by atoms with van der Waals surface area (Å²) in [5.74, 6) is 0.678. The number of nitrogens with zero attached hydrogens (tertiary/aromatic N) is 1. The number of amides is 1. The lowest BCUT2D eigenvalue weighted by molar-refractivity contribution is -0.115. The molecule has 3 aromatic rings. The van der Waals surface area contributed by atoms with Gasteiger partial charge in [0, 0.05) is 11.6 Å². The van der Waals surface area contributed by atoms with Crippen molar-refractivity contribution in [3.05, 3.63) is 88.6 Å². The van der Waals surface area contributed by atoms with E-state index in [4.69, 9.17) is 11.6 Å². The summed E-state index contributed by atoms with van der Waals surface area (Å²) in [6, 6.07) is 19.3. The second kappa shape index (κ2) is 8.50. The fourth-order valence-corrected chi connectivity index (χ4v) is 2.71. The van der Waals surface area contributed by atoms with Crippen LogP contribution >= 0.6 is 11.6 Å². The molecule has 0 aliphatic carbocycles. The molecule has 0 unspecified atom stereocenters. The van der Waals surface area contributed by atoms with Gasteiger partial charge in [-0.3, -0.25) is 4.79 Å². The van der Waals surface area contributed by atoms with Crippen molar-refractivity contribution in [1.82, 2.24) is 4.98 Å². The van der Waals surface area contributed by atoms with Gasteiger partial charge in [-0.25, -0.2) is 4.98 Å². The predicted molar refractivity (Wildman–Crippen MR) is 107 cm³/mol. The van der Waals surface area contributed by atoms with Gasteiger partial charge in [0.2, 0.25) is 5.91 Å². The quantitative estimate of drug-likeness (QED) is 0.657. The standard InChI is InChI=1S/C21H20ClN3O/c1-15-3-2-4-17(11-15)13-23-20-10-9-19(14-24-20)25-21(26)12-16-5-7-18(22)8-6-16/h2-11,14H,12-13H2,1H3,(H,23,24)(H,25,26). The molecule has 0 bridgehead atoms. The van der Waals surface area contributed by atoms with Gasteiger partial charge < -0.3 is 10.6 Å². The number of carbonyl (C=O) groups is 1. The van der Waals surface area contributed by atoms with Crippen LogP contribution in [0.15, 0.2) is 66.9 Å². The van der Waals surface area contributed by atoms with Gasteiger partial charge in [0.05, 0.1) is 18.3 Å². The van der Waals surface area contributed by atoms with Crippen molar-refractivity contribution in [3.8, 4) is 0 Å². The summed E-state index contributed by atoms with van der Waals surface area (Å²) in [6.07, 6.45) is 1.95. The third-order valence-electron chi connectivity index (χ3n) is 3.88. The van der Waals surface area contributed by atoms with Crippen molar-refractivity contribution in [1.29, 1.82) is 0 Å². The summed E-state index contributed by atoms with van der Waals surface area (Å²) in [5.41, 5.74) is 4.02. The molecule has 26 heavy (non-hydrogen) atoms. The van der Waals surface area contributed by atoms with Crippen LogP contribution in [0.25, 0.3) is 0 Å². The van der Waals surface area contributed by atoms with E-state index in [0.29, 0.717) is 23.7 Å². The van der Waals surface area contributed by atoms with Crippen molar-refractivity contribution >= 4 is 29.0 Å². The minimum atomic E-state index is -0.0883. The normalized spacial score (nSPS) is 10.4. The number of benzene rings is 2. The van der Waals surface area contributed by atoms with Crippen LogP contribution in [0, 0.1) is 6.92 Å². The van der Waals surface area contributed by atoms with Gasteiger partial charge >= 0.3 is 0 Å². The third-order valence-corrected chi connectivity index (χ3v) is 4.13. The fourth-order valence-electron chi connectivity index (χ4n) is 2.58. The van der Waals surface area contributed by atoms with Gasteiger partial charge in [0.1, 0.15) is 5.82 Å². The third kappa shape index (κ3) is 5.33. The van der Waals surface area contributed by atoms with E-state index in [0.717, 1.165) is 11.4 Å². The summed E-state index contributed by atoms with van der Waals surface area (Å²) in [5, 5.41) is 6.79. The Morgan fingerprint density at radius 1 is 1.04 bits per heavy atom. The molecule has 0 radical (unpaired) electrons. The lowest BCUT2D eigenvalue weighted by Gasteiger charge is -2.08. The van der Waals surface area contributed by atoms with Crippen LogP contribution in [0.1, 0.15) is 16.7 Å². The Hall–Kier alpha value is -2.85. The van der Waals surface area contributed by atoms with Gasteiger partial charge in [-0.15, -0.1) is 0 Å². The first-order chi connectivity index (χ1) is 12.6. The van der Waals surface area contributed by atoms with Crippen molar-refractivity contribution in [2.24, 2.45) is 0 Å². The molecule has 4 nitrogen and oxygen atoms in total. The smallest absolute Gasteiger partial charge is 0.228 e. The van der Waals surface area contributed by atoms with E-state index >= 15 is 0 Å². The fraction of sp³-hybridized carbons (Fsp3) is 0.143. The maximum absolute atomic E-state index is 12.1. The molecule has 0 spiro atoms. The summed E-state index contributed by atoms with van der Waals surface area (Å²) in [7, 11) is 0. The van der Waals surface area contributed by atoms with Crippen molar-refractivity contribution in [2.45, 2.75) is 19.9 Å². The number of pyridine rings is 1. The second-order valence-corrected chi connectivity index (χ2v) is 6.56. The summed E-state index contributed by atoms with van der Waals surface area (Å²) >= 11 is 5.85. The Morgan fingerprint density at radius 3 is 2.54 bits per heavy atom. The molecule has 0 saturated heterocycles. The minimum absolute atomic E-state index is 0.0883. The van der Waals surface area contributed by atoms with Crippen molar-refractivity contribution < 1.29 is 4.79 Å². The summed E-state index contributed by atoms with van der Waals surface area (Å²) in [4.78, 5) is 16.5. The lowest BCUT2D eigenvalue weighted by Crippen LogP contribution is -2.14. The SMILES string of the molecule is Cc1cccc(CNc2ccc(NC(=O)Cc3ccc(Cl)cc3)cn2)c1. The molecule has 132 valence electrons. The molecule has 2 N–H and O–H groups in total. The van der Waals surface area contributed by atoms with Crippen molar-refractivity contribution in [3.63, 3.8) is 0 Å². The first kappa shape index (κ1) is 18.0. The van der Waals surface area contributed by atoms with E-state index in [1.54, 1.807) is 18.3 Å². The number of hydrogen-bond donors (Lipinski definition) is 2. The molecule has 0 fully saturated rings. The topological polar surface area (TPSA) is 54.0 Å². The number of halogens is 1. The molecular weight excluding hydrogens is 346 g/mol. The maximum Gasteiger partial charge on any atom is 0.228 e. The molecule has 1 amide bonds. The van der Waals surface area contributed by atoms with Crippen LogP contribution in [-0.4, -0.2) is 10.9 Å². The minimum Gasteiger partial charge on any atom is -0.366 e. The van der Waals surface area contributed by atoms with Gasteiger partial charge in [0.25, 0.3) is 0 Å². The van der Waals surface area contributed by atoms with E-state index in [-0.39, 0.29) is 5.91 Å². The van der Waals surface area contributed by atoms with Gasteiger partial charge in [0.15, 0.2) is 0 Å². The first-order valence-electron chi connectivity index (χ1n) is 8.38. The molecule has 0 aliphatic rings. The highest BCUT2D eigenvalue weighted by atomic mass is 35.5. The number of hydrogen-bond acceptors (Lipinski definition) is 3. The monoisotopic (exact) mass is 365 g/mol. The molecular formula is C21H20ClN3O. The highest BCUT2D eigenvalue weighted by molar-refractivity contribution is 6.30. The van der Waals surface area contributed by atoms with Crippen LogP contribution in [0.3, 0.4) is 0 Å². The van der Waals surface area contributed by atoms with Gasteiger partial charge in [-0.05, 0) is 42.3 Å². The van der Waals surface area contributed by atoms with E-state index in [1.807, 2.05) is 30.3 Å². The zero-order valence-corrected chi connectivity index (χ0v) is 15.3. The Balaban J connectivity index is 1.52. The predicted octanol–water partition coefficient (Wildman–Crippen LogP) is 4.84. The number of aryl methyl sites for hydroxylation is 1. The lowest BCUT2D eigenvalue weighted by atomic mass is 10.1. The van der Waals surface area contributed by atoms with Crippen LogP contribution in [0.5, 0.6) is 0 Å². The number of aromatic nitrogens is 1. The maximum atomic E-state index is 12.1. The highest BCUT2D eigenvalue weighted by Crippen LogP contribution is 2.13. The van der Waals surface area contributed by atoms with Crippen LogP contribution in [-0.2, 0) is 17.8 Å². The first-order valence-corrected chi connectivity index (χ1v) is 8.76. The van der Waals surface area contributed by atoms with Gasteiger partial charge in [-0.2, -0.15) is 0 Å². The van der Waals surface area contributed by atoms with E-state index in [2.05, 4.69) is 40.7 Å². The van der Waals surface area contributed by atoms with Gasteiger partial charge in [-0.1, -0.05) is 53.6 Å². The molecule has 0 saturated carbocycles. The number of carbonyl (C=O) groups excluding carboxylic acids is 1. The molecule has 1 heterocycles. The molecule has 3 rings (SSSR count). The number of rotatable bonds is 6. The van der Waals surface area contributed by atoms with Crippen LogP contribution in [0.2, 0.25) is 5.02 Å². The average molecular weight is 366 g/mol. The van der Waals surface area contributed by atoms with E-state index < -0.39 is 0 Å². The Labute approximate surface area is 158 Å². The van der Waals surface area contributed by atoms with Crippen molar-refractivity contribution in [2.75, 3.05) is 10.6 Å². The highest BCUT2D eigenvalue weighted by Gasteiger charge is 2.05.